The summed E-state index contributed by atoms with van der Waals surface area (Å²) >= 11 is 0. The molecule has 136 valence electrons. The first-order valence-corrected chi connectivity index (χ1v) is 8.49. The molecule has 2 amide bonds. The second kappa shape index (κ2) is 8.60. The van der Waals surface area contributed by atoms with Crippen molar-refractivity contribution in [2.75, 3.05) is 5.32 Å². The Kier molecular flexibility index (Phi) is 6.50. The van der Waals surface area contributed by atoms with Crippen LogP contribution in [0.1, 0.15) is 55.8 Å². The third-order valence-corrected chi connectivity index (χ3v) is 4.43. The average molecular weight is 350 g/mol. The standard InChI is InChI=1S/C18H23FN2O4/c1-11(22)20-12-8-9-15(19)14(10-12)17(23)21-16-7-5-3-2-4-6-13(16)18(24)25/h8-10,13,16H,2-7H2,1H3,(H,20,22)(H,21,23)(H,24,25). The van der Waals surface area contributed by atoms with Crippen LogP contribution in [0, 0.1) is 11.7 Å². The van der Waals surface area contributed by atoms with Crippen molar-refractivity contribution in [3.05, 3.63) is 29.6 Å². The van der Waals surface area contributed by atoms with Crippen molar-refractivity contribution in [3.63, 3.8) is 0 Å². The van der Waals surface area contributed by atoms with Crippen molar-refractivity contribution >= 4 is 23.5 Å². The highest BCUT2D eigenvalue weighted by Gasteiger charge is 2.30. The monoisotopic (exact) mass is 350 g/mol. The number of carbonyl (C=O) groups is 3. The van der Waals surface area contributed by atoms with Crippen molar-refractivity contribution in [1.82, 2.24) is 5.32 Å². The number of nitrogens with one attached hydrogen (secondary N) is 2. The fraction of sp³-hybridized carbons (Fsp3) is 0.500. The molecule has 0 spiro atoms. The summed E-state index contributed by atoms with van der Waals surface area (Å²) in [7, 11) is 0. The van der Waals surface area contributed by atoms with Crippen LogP contribution in [-0.2, 0) is 9.59 Å². The molecular weight excluding hydrogens is 327 g/mol. The fourth-order valence-electron chi connectivity index (χ4n) is 3.18. The van der Waals surface area contributed by atoms with Crippen LogP contribution in [0.4, 0.5) is 10.1 Å². The summed E-state index contributed by atoms with van der Waals surface area (Å²) in [6, 6.07) is 3.19. The molecule has 1 saturated carbocycles. The van der Waals surface area contributed by atoms with Crippen LogP contribution in [0.3, 0.4) is 0 Å². The minimum atomic E-state index is -0.945. The Morgan fingerprint density at radius 2 is 1.80 bits per heavy atom. The fourth-order valence-corrected chi connectivity index (χ4v) is 3.18. The number of hydrogen-bond acceptors (Lipinski definition) is 3. The van der Waals surface area contributed by atoms with E-state index >= 15 is 0 Å². The molecule has 1 aliphatic rings. The zero-order valence-electron chi connectivity index (χ0n) is 14.2. The predicted octanol–water partition coefficient (Wildman–Crippen LogP) is 2.94. The van der Waals surface area contributed by atoms with Gasteiger partial charge < -0.3 is 15.7 Å². The zero-order chi connectivity index (χ0) is 18.4. The molecule has 1 aromatic rings. The summed E-state index contributed by atoms with van der Waals surface area (Å²) in [4.78, 5) is 35.1. The summed E-state index contributed by atoms with van der Waals surface area (Å²) < 4.78 is 14.0. The summed E-state index contributed by atoms with van der Waals surface area (Å²) in [6.07, 6.45) is 4.65. The molecule has 0 aromatic heterocycles. The van der Waals surface area contributed by atoms with Crippen LogP contribution in [0.5, 0.6) is 0 Å². The van der Waals surface area contributed by atoms with Crippen LogP contribution in [-0.4, -0.2) is 28.9 Å². The van der Waals surface area contributed by atoms with E-state index in [4.69, 9.17) is 0 Å². The molecule has 25 heavy (non-hydrogen) atoms. The molecule has 1 fully saturated rings. The van der Waals surface area contributed by atoms with Gasteiger partial charge in [-0.1, -0.05) is 25.7 Å². The van der Waals surface area contributed by atoms with E-state index in [-0.39, 0.29) is 11.5 Å². The summed E-state index contributed by atoms with van der Waals surface area (Å²) in [5.74, 6) is -3.33. The van der Waals surface area contributed by atoms with E-state index in [1.807, 2.05) is 0 Å². The maximum absolute atomic E-state index is 14.0. The third-order valence-electron chi connectivity index (χ3n) is 4.43. The largest absolute Gasteiger partial charge is 0.481 e. The molecule has 2 atom stereocenters. The number of amides is 2. The lowest BCUT2D eigenvalue weighted by Crippen LogP contribution is -2.44. The number of aliphatic carboxylic acids is 1. The third kappa shape index (κ3) is 5.27. The predicted molar refractivity (Wildman–Crippen MR) is 90.8 cm³/mol. The number of benzene rings is 1. The molecule has 0 aliphatic heterocycles. The van der Waals surface area contributed by atoms with Gasteiger partial charge in [-0.25, -0.2) is 4.39 Å². The molecule has 7 heteroatoms. The molecular formula is C18H23FN2O4. The number of carboxylic acids is 1. The summed E-state index contributed by atoms with van der Waals surface area (Å²) in [5, 5.41) is 14.6. The lowest BCUT2D eigenvalue weighted by molar-refractivity contribution is -0.143. The quantitative estimate of drug-likeness (QED) is 0.778. The Morgan fingerprint density at radius 1 is 1.12 bits per heavy atom. The zero-order valence-corrected chi connectivity index (χ0v) is 14.2. The lowest BCUT2D eigenvalue weighted by Gasteiger charge is -2.27. The van der Waals surface area contributed by atoms with Gasteiger partial charge in [0.05, 0.1) is 11.5 Å². The van der Waals surface area contributed by atoms with Crippen molar-refractivity contribution in [1.29, 1.82) is 0 Å². The van der Waals surface area contributed by atoms with Gasteiger partial charge >= 0.3 is 5.97 Å². The van der Waals surface area contributed by atoms with E-state index in [0.29, 0.717) is 18.5 Å². The minimum absolute atomic E-state index is 0.211. The summed E-state index contributed by atoms with van der Waals surface area (Å²) in [6.45, 7) is 1.31. The second-order valence-corrected chi connectivity index (χ2v) is 6.39. The number of rotatable bonds is 4. The Balaban J connectivity index is 2.18. The van der Waals surface area contributed by atoms with Crippen LogP contribution >= 0.6 is 0 Å². The molecule has 0 radical (unpaired) electrons. The molecule has 0 saturated heterocycles. The molecule has 6 nitrogen and oxygen atoms in total. The van der Waals surface area contributed by atoms with Gasteiger partial charge in [0, 0.05) is 18.7 Å². The van der Waals surface area contributed by atoms with Gasteiger partial charge in [-0.05, 0) is 31.0 Å². The lowest BCUT2D eigenvalue weighted by atomic mass is 9.86. The Hall–Kier alpha value is -2.44. The number of carbonyl (C=O) groups excluding carboxylic acids is 2. The first-order valence-electron chi connectivity index (χ1n) is 8.49. The maximum Gasteiger partial charge on any atom is 0.308 e. The van der Waals surface area contributed by atoms with E-state index in [1.54, 1.807) is 0 Å². The maximum atomic E-state index is 14.0. The van der Waals surface area contributed by atoms with E-state index < -0.39 is 29.7 Å². The first kappa shape index (κ1) is 18.9. The molecule has 2 unspecified atom stereocenters. The van der Waals surface area contributed by atoms with Crippen LogP contribution in [0.2, 0.25) is 0 Å². The van der Waals surface area contributed by atoms with Crippen LogP contribution < -0.4 is 10.6 Å². The van der Waals surface area contributed by atoms with Gasteiger partial charge in [0.25, 0.3) is 5.91 Å². The highest BCUT2D eigenvalue weighted by atomic mass is 19.1. The molecule has 2 rings (SSSR count). The molecule has 3 N–H and O–H groups in total. The van der Waals surface area contributed by atoms with Crippen molar-refractivity contribution in [3.8, 4) is 0 Å². The van der Waals surface area contributed by atoms with E-state index in [2.05, 4.69) is 10.6 Å². The Labute approximate surface area is 145 Å². The van der Waals surface area contributed by atoms with E-state index in [9.17, 15) is 23.9 Å². The number of hydrogen-bond donors (Lipinski definition) is 3. The van der Waals surface area contributed by atoms with Gasteiger partial charge in [-0.15, -0.1) is 0 Å². The normalized spacial score (nSPS) is 20.9. The van der Waals surface area contributed by atoms with Gasteiger partial charge in [0.2, 0.25) is 5.91 Å². The SMILES string of the molecule is CC(=O)Nc1ccc(F)c(C(=O)NC2CCCCCCC2C(=O)O)c1. The van der Waals surface area contributed by atoms with Crippen LogP contribution in [0.15, 0.2) is 18.2 Å². The van der Waals surface area contributed by atoms with E-state index in [1.165, 1.54) is 19.1 Å². The summed E-state index contributed by atoms with van der Waals surface area (Å²) in [5.41, 5.74) is 0.101. The Bertz CT molecular complexity index is 662. The van der Waals surface area contributed by atoms with Crippen molar-refractivity contribution < 1.29 is 23.9 Å². The van der Waals surface area contributed by atoms with Gasteiger partial charge in [0.15, 0.2) is 0 Å². The van der Waals surface area contributed by atoms with E-state index in [0.717, 1.165) is 31.7 Å². The average Bonchev–Trinajstić information content (AvgIpc) is 2.51. The van der Waals surface area contributed by atoms with Crippen molar-refractivity contribution in [2.45, 2.75) is 51.5 Å². The number of halogens is 1. The first-order chi connectivity index (χ1) is 11.9. The highest BCUT2D eigenvalue weighted by molar-refractivity contribution is 5.97. The van der Waals surface area contributed by atoms with Crippen LogP contribution in [0.25, 0.3) is 0 Å². The second-order valence-electron chi connectivity index (χ2n) is 6.39. The number of carboxylic acid groups (broad SMARTS) is 1. The minimum Gasteiger partial charge on any atom is -0.481 e. The molecule has 0 heterocycles. The van der Waals surface area contributed by atoms with Gasteiger partial charge in [-0.2, -0.15) is 0 Å². The van der Waals surface area contributed by atoms with Gasteiger partial charge in [-0.3, -0.25) is 14.4 Å². The molecule has 1 aromatic carbocycles. The van der Waals surface area contributed by atoms with Crippen molar-refractivity contribution in [2.24, 2.45) is 5.92 Å². The smallest absolute Gasteiger partial charge is 0.308 e. The van der Waals surface area contributed by atoms with Gasteiger partial charge in [0.1, 0.15) is 5.82 Å². The topological polar surface area (TPSA) is 95.5 Å². The molecule has 1 aliphatic carbocycles. The highest BCUT2D eigenvalue weighted by Crippen LogP contribution is 2.24. The molecule has 0 bridgehead atoms. The Morgan fingerprint density at radius 3 is 2.44 bits per heavy atom. The number of anilines is 1.